The fraction of sp³-hybridized carbons (Fsp3) is 0.333. The summed E-state index contributed by atoms with van der Waals surface area (Å²) in [6, 6.07) is 7.16. The van der Waals surface area contributed by atoms with Crippen molar-refractivity contribution in [3.05, 3.63) is 54.2 Å². The normalized spacial score (nSPS) is 15.9. The monoisotopic (exact) mass is 413 g/mol. The van der Waals surface area contributed by atoms with Gasteiger partial charge in [0, 0.05) is 49.6 Å². The second kappa shape index (κ2) is 7.81. The summed E-state index contributed by atoms with van der Waals surface area (Å²) in [5.41, 5.74) is 3.11. The molecule has 0 aromatic carbocycles. The Kier molecular flexibility index (Phi) is 5.19. The summed E-state index contributed by atoms with van der Waals surface area (Å²) in [5.74, 6) is -3.10. The number of aromatic nitrogens is 4. The minimum atomic E-state index is -2.73. The van der Waals surface area contributed by atoms with Gasteiger partial charge in [0.2, 0.25) is 0 Å². The highest BCUT2D eigenvalue weighted by atomic mass is 19.3. The third kappa shape index (κ3) is 4.00. The van der Waals surface area contributed by atoms with E-state index < -0.39 is 5.92 Å². The Morgan fingerprint density at radius 2 is 2.00 bits per heavy atom. The highest BCUT2D eigenvalue weighted by Crippen LogP contribution is 2.29. The van der Waals surface area contributed by atoms with E-state index >= 15 is 0 Å². The van der Waals surface area contributed by atoms with Gasteiger partial charge in [0.1, 0.15) is 6.29 Å². The molecule has 0 unspecified atom stereocenters. The number of carbonyl (C=O) groups excluding carboxylic acids is 2. The van der Waals surface area contributed by atoms with E-state index in [-0.39, 0.29) is 44.1 Å². The third-order valence-electron chi connectivity index (χ3n) is 5.18. The Labute approximate surface area is 171 Å². The highest BCUT2D eigenvalue weighted by molar-refractivity contribution is 5.93. The molecule has 0 atom stereocenters. The molecular formula is C21H21F2N5O2. The first kappa shape index (κ1) is 19.9. The fourth-order valence-corrected chi connectivity index (χ4v) is 3.46. The number of piperidine rings is 1. The van der Waals surface area contributed by atoms with E-state index in [4.69, 9.17) is 0 Å². The molecular weight excluding hydrogens is 392 g/mol. The van der Waals surface area contributed by atoms with Crippen LogP contribution >= 0.6 is 0 Å². The number of aldehydes is 1. The number of halogens is 2. The van der Waals surface area contributed by atoms with Gasteiger partial charge in [0.05, 0.1) is 24.1 Å². The molecule has 0 radical (unpaired) electrons. The van der Waals surface area contributed by atoms with Crippen LogP contribution in [-0.4, -0.2) is 55.4 Å². The largest absolute Gasteiger partial charge is 0.347 e. The average Bonchev–Trinajstić information content (AvgIpc) is 3.35. The van der Waals surface area contributed by atoms with E-state index in [0.29, 0.717) is 11.4 Å². The first-order chi connectivity index (χ1) is 14.4. The molecule has 0 saturated carbocycles. The van der Waals surface area contributed by atoms with Crippen molar-refractivity contribution >= 4 is 12.2 Å². The van der Waals surface area contributed by atoms with Crippen LogP contribution in [0.15, 0.2) is 42.9 Å². The van der Waals surface area contributed by atoms with Crippen LogP contribution in [-0.2, 0) is 11.3 Å². The molecule has 0 N–H and O–H groups in total. The van der Waals surface area contributed by atoms with E-state index in [1.807, 2.05) is 25.1 Å². The molecule has 0 aliphatic carbocycles. The van der Waals surface area contributed by atoms with Gasteiger partial charge in [-0.15, -0.1) is 0 Å². The molecule has 0 bridgehead atoms. The van der Waals surface area contributed by atoms with Crippen LogP contribution in [0, 0.1) is 6.92 Å². The molecule has 3 aromatic rings. The molecule has 4 rings (SSSR count). The van der Waals surface area contributed by atoms with Crippen LogP contribution in [0.5, 0.6) is 0 Å². The first-order valence-corrected chi connectivity index (χ1v) is 9.66. The van der Waals surface area contributed by atoms with Crippen molar-refractivity contribution in [3.8, 4) is 16.9 Å². The van der Waals surface area contributed by atoms with E-state index in [9.17, 15) is 18.4 Å². The molecule has 1 aliphatic rings. The number of carbonyl (C=O) groups is 2. The Morgan fingerprint density at radius 3 is 2.67 bits per heavy atom. The lowest BCUT2D eigenvalue weighted by molar-refractivity contribution is -0.108. The Bertz CT molecular complexity index is 1060. The van der Waals surface area contributed by atoms with Gasteiger partial charge >= 0.3 is 0 Å². The molecule has 1 amide bonds. The summed E-state index contributed by atoms with van der Waals surface area (Å²) >= 11 is 0. The highest BCUT2D eigenvalue weighted by Gasteiger charge is 2.36. The second-order valence-electron chi connectivity index (χ2n) is 7.40. The maximum absolute atomic E-state index is 13.5. The molecule has 1 saturated heterocycles. The van der Waals surface area contributed by atoms with Crippen molar-refractivity contribution in [2.24, 2.45) is 0 Å². The van der Waals surface area contributed by atoms with Gasteiger partial charge in [0.25, 0.3) is 11.8 Å². The van der Waals surface area contributed by atoms with Crippen LogP contribution in [0.25, 0.3) is 16.9 Å². The zero-order chi connectivity index (χ0) is 21.3. The smallest absolute Gasteiger partial charge is 0.274 e. The van der Waals surface area contributed by atoms with Crippen molar-refractivity contribution < 1.29 is 18.4 Å². The number of pyridine rings is 1. The molecule has 7 nitrogen and oxygen atoms in total. The topological polar surface area (TPSA) is 73.0 Å². The number of rotatable bonds is 5. The average molecular weight is 413 g/mol. The predicted molar refractivity (Wildman–Crippen MR) is 106 cm³/mol. The standard InChI is InChI=1S/C21H21F2N5O2/c1-15-2-3-17(13-24-15)28-19(16-4-7-26(14-16)10-11-29)12-18(25-28)20(30)27-8-5-21(22,23)6-9-27/h2-4,7,11-14H,5-6,8-10H2,1H3. The van der Waals surface area contributed by atoms with Gasteiger partial charge in [-0.25, -0.2) is 13.5 Å². The van der Waals surface area contributed by atoms with Gasteiger partial charge in [-0.2, -0.15) is 5.10 Å². The summed E-state index contributed by atoms with van der Waals surface area (Å²) in [5, 5.41) is 4.47. The summed E-state index contributed by atoms with van der Waals surface area (Å²) in [4.78, 5) is 29.5. The lowest BCUT2D eigenvalue weighted by Gasteiger charge is -2.31. The number of likely N-dealkylation sites (tertiary alicyclic amines) is 1. The minimum Gasteiger partial charge on any atom is -0.347 e. The second-order valence-corrected chi connectivity index (χ2v) is 7.40. The van der Waals surface area contributed by atoms with Gasteiger partial charge in [-0.1, -0.05) is 0 Å². The van der Waals surface area contributed by atoms with Gasteiger partial charge in [-0.3, -0.25) is 9.78 Å². The number of hydrogen-bond acceptors (Lipinski definition) is 4. The zero-order valence-electron chi connectivity index (χ0n) is 16.5. The molecule has 3 aromatic heterocycles. The number of nitrogens with zero attached hydrogens (tertiary/aromatic N) is 5. The Hall–Kier alpha value is -3.36. The maximum Gasteiger partial charge on any atom is 0.274 e. The van der Waals surface area contributed by atoms with Gasteiger partial charge in [-0.05, 0) is 31.2 Å². The lowest BCUT2D eigenvalue weighted by atomic mass is 10.1. The van der Waals surface area contributed by atoms with Crippen LogP contribution in [0.4, 0.5) is 8.78 Å². The Morgan fingerprint density at radius 1 is 1.23 bits per heavy atom. The molecule has 30 heavy (non-hydrogen) atoms. The van der Waals surface area contributed by atoms with Crippen molar-refractivity contribution in [1.82, 2.24) is 24.2 Å². The van der Waals surface area contributed by atoms with Crippen LogP contribution in [0.3, 0.4) is 0 Å². The fourth-order valence-electron chi connectivity index (χ4n) is 3.46. The molecule has 9 heteroatoms. The van der Waals surface area contributed by atoms with Gasteiger partial charge < -0.3 is 14.3 Å². The maximum atomic E-state index is 13.5. The predicted octanol–water partition coefficient (Wildman–Crippen LogP) is 3.11. The van der Waals surface area contributed by atoms with Crippen molar-refractivity contribution in [3.63, 3.8) is 0 Å². The molecule has 0 spiro atoms. The number of amides is 1. The number of alkyl halides is 2. The first-order valence-electron chi connectivity index (χ1n) is 9.66. The van der Waals surface area contributed by atoms with Gasteiger partial charge in [0.15, 0.2) is 5.69 Å². The third-order valence-corrected chi connectivity index (χ3v) is 5.18. The van der Waals surface area contributed by atoms with E-state index in [0.717, 1.165) is 17.5 Å². The number of hydrogen-bond donors (Lipinski definition) is 0. The van der Waals surface area contributed by atoms with E-state index in [1.54, 1.807) is 33.9 Å². The quantitative estimate of drug-likeness (QED) is 0.603. The summed E-state index contributed by atoms with van der Waals surface area (Å²) in [6.45, 7) is 2.08. The Balaban J connectivity index is 1.71. The molecule has 1 fully saturated rings. The zero-order valence-corrected chi connectivity index (χ0v) is 16.5. The van der Waals surface area contributed by atoms with Crippen molar-refractivity contribution in [1.29, 1.82) is 0 Å². The summed E-state index contributed by atoms with van der Waals surface area (Å²) in [6.07, 6.45) is 5.32. The van der Waals surface area contributed by atoms with E-state index in [2.05, 4.69) is 10.1 Å². The minimum absolute atomic E-state index is 0.00414. The lowest BCUT2D eigenvalue weighted by Crippen LogP contribution is -2.42. The SMILES string of the molecule is Cc1ccc(-n2nc(C(=O)N3CCC(F)(F)CC3)cc2-c2ccn(CC=O)c2)cn1. The van der Waals surface area contributed by atoms with E-state index in [1.165, 1.54) is 4.90 Å². The number of aryl methyl sites for hydroxylation is 1. The van der Waals surface area contributed by atoms with Crippen LogP contribution < -0.4 is 0 Å². The molecule has 1 aliphatic heterocycles. The van der Waals surface area contributed by atoms with Crippen LogP contribution in [0.1, 0.15) is 29.0 Å². The van der Waals surface area contributed by atoms with Crippen molar-refractivity contribution in [2.45, 2.75) is 32.2 Å². The summed E-state index contributed by atoms with van der Waals surface area (Å²) in [7, 11) is 0. The molecule has 4 heterocycles. The molecule has 156 valence electrons. The van der Waals surface area contributed by atoms with Crippen LogP contribution in [0.2, 0.25) is 0 Å². The van der Waals surface area contributed by atoms with Crippen molar-refractivity contribution in [2.75, 3.05) is 13.1 Å². The summed E-state index contributed by atoms with van der Waals surface area (Å²) < 4.78 is 30.3.